The highest BCUT2D eigenvalue weighted by molar-refractivity contribution is 7.15. The van der Waals surface area contributed by atoms with Crippen LogP contribution in [-0.2, 0) is 11.3 Å². The van der Waals surface area contributed by atoms with Gasteiger partial charge in [-0.15, -0.1) is 11.3 Å². The molecule has 0 amide bonds. The summed E-state index contributed by atoms with van der Waals surface area (Å²) >= 11 is 1.83. The summed E-state index contributed by atoms with van der Waals surface area (Å²) in [4.78, 5) is 10.9. The molecule has 6 heteroatoms. The van der Waals surface area contributed by atoms with Gasteiger partial charge in [0.1, 0.15) is 0 Å². The molecule has 3 atom stereocenters. The summed E-state index contributed by atoms with van der Waals surface area (Å²) in [5, 5.41) is 11.3. The Morgan fingerprint density at radius 3 is 2.96 bits per heavy atom. The normalized spacial score (nSPS) is 35.0. The average Bonchev–Trinajstić information content (AvgIpc) is 3.28. The van der Waals surface area contributed by atoms with E-state index >= 15 is 0 Å². The molecule has 1 saturated carbocycles. The van der Waals surface area contributed by atoms with Gasteiger partial charge in [0, 0.05) is 50.4 Å². The maximum absolute atomic E-state index is 10.1. The van der Waals surface area contributed by atoms with Gasteiger partial charge in [0.05, 0.1) is 11.7 Å². The summed E-state index contributed by atoms with van der Waals surface area (Å²) in [7, 11) is 1.84. The van der Waals surface area contributed by atoms with Crippen LogP contribution in [0.5, 0.6) is 0 Å². The van der Waals surface area contributed by atoms with E-state index in [9.17, 15) is 5.11 Å². The number of hydrogen-bond donors (Lipinski definition) is 1. The molecule has 1 aromatic heterocycles. The largest absolute Gasteiger partial charge is 0.393 e. The van der Waals surface area contributed by atoms with Crippen LogP contribution in [0.2, 0.25) is 0 Å². The Bertz CT molecular complexity index is 546. The van der Waals surface area contributed by atoms with Crippen molar-refractivity contribution in [2.24, 2.45) is 0 Å². The van der Waals surface area contributed by atoms with Gasteiger partial charge in [-0.2, -0.15) is 0 Å². The van der Waals surface area contributed by atoms with Gasteiger partial charge in [-0.1, -0.05) is 0 Å². The number of rotatable bonds is 4. The number of aromatic nitrogens is 1. The SMILES string of the molecule is CO[C@@]12CC[C@H](O)C[C@@H]1N(Cc1cnc(N3CCCC3)s1)CC2. The molecule has 1 aromatic rings. The second-order valence-electron chi connectivity index (χ2n) is 7.24. The molecule has 3 fully saturated rings. The van der Waals surface area contributed by atoms with Crippen molar-refractivity contribution in [1.82, 2.24) is 9.88 Å². The van der Waals surface area contributed by atoms with E-state index in [1.54, 1.807) is 0 Å². The number of aliphatic hydroxyl groups is 1. The molecule has 2 aliphatic heterocycles. The van der Waals surface area contributed by atoms with Crippen LogP contribution in [0.3, 0.4) is 0 Å². The zero-order valence-corrected chi connectivity index (χ0v) is 14.7. The van der Waals surface area contributed by atoms with Crippen molar-refractivity contribution in [3.05, 3.63) is 11.1 Å². The predicted molar refractivity (Wildman–Crippen MR) is 92.0 cm³/mol. The second kappa shape index (κ2) is 6.31. The van der Waals surface area contributed by atoms with Gasteiger partial charge in [0.2, 0.25) is 0 Å². The minimum absolute atomic E-state index is 0.0400. The number of thiazole rings is 1. The van der Waals surface area contributed by atoms with E-state index in [4.69, 9.17) is 4.74 Å². The number of nitrogens with zero attached hydrogens (tertiary/aromatic N) is 3. The number of likely N-dealkylation sites (tertiary alicyclic amines) is 1. The van der Waals surface area contributed by atoms with E-state index in [1.165, 1.54) is 22.9 Å². The second-order valence-corrected chi connectivity index (χ2v) is 8.33. The Balaban J connectivity index is 1.46. The maximum atomic E-state index is 10.1. The molecule has 1 aliphatic carbocycles. The van der Waals surface area contributed by atoms with Crippen molar-refractivity contribution >= 4 is 16.5 Å². The first-order valence-corrected chi connectivity index (χ1v) is 9.69. The molecule has 0 spiro atoms. The molecule has 128 valence electrons. The minimum atomic E-state index is -0.175. The summed E-state index contributed by atoms with van der Waals surface area (Å²) in [5.74, 6) is 0. The summed E-state index contributed by atoms with van der Waals surface area (Å²) in [5.41, 5.74) is -0.0400. The Hall–Kier alpha value is -0.690. The fourth-order valence-corrected chi connectivity index (χ4v) is 5.57. The fraction of sp³-hybridized carbons (Fsp3) is 0.824. The van der Waals surface area contributed by atoms with E-state index in [-0.39, 0.29) is 11.7 Å². The lowest BCUT2D eigenvalue weighted by Gasteiger charge is -2.42. The van der Waals surface area contributed by atoms with E-state index in [0.29, 0.717) is 6.04 Å². The molecule has 3 heterocycles. The van der Waals surface area contributed by atoms with Gasteiger partial charge >= 0.3 is 0 Å². The number of methoxy groups -OCH3 is 1. The van der Waals surface area contributed by atoms with Gasteiger partial charge in [-0.05, 0) is 38.5 Å². The maximum Gasteiger partial charge on any atom is 0.185 e. The molecule has 0 radical (unpaired) electrons. The quantitative estimate of drug-likeness (QED) is 0.913. The highest BCUT2D eigenvalue weighted by Gasteiger charge is 2.50. The van der Waals surface area contributed by atoms with E-state index in [2.05, 4.69) is 14.8 Å². The van der Waals surface area contributed by atoms with Gasteiger partial charge in [-0.3, -0.25) is 4.90 Å². The first kappa shape index (κ1) is 15.8. The third-order valence-corrected chi connectivity index (χ3v) is 6.99. The lowest BCUT2D eigenvalue weighted by molar-refractivity contribution is -0.0878. The lowest BCUT2D eigenvalue weighted by Crippen LogP contribution is -2.51. The highest BCUT2D eigenvalue weighted by Crippen LogP contribution is 2.43. The fourth-order valence-electron chi connectivity index (χ4n) is 4.58. The number of hydrogen-bond acceptors (Lipinski definition) is 6. The molecular formula is C17H27N3O2S. The molecular weight excluding hydrogens is 310 g/mol. The van der Waals surface area contributed by atoms with Crippen LogP contribution in [0, 0.1) is 0 Å². The van der Waals surface area contributed by atoms with Gasteiger partial charge in [0.15, 0.2) is 5.13 Å². The van der Waals surface area contributed by atoms with E-state index in [0.717, 1.165) is 51.9 Å². The van der Waals surface area contributed by atoms with Crippen LogP contribution in [-0.4, -0.2) is 59.5 Å². The van der Waals surface area contributed by atoms with Crippen molar-refractivity contribution in [2.45, 2.75) is 62.8 Å². The number of ether oxygens (including phenoxy) is 1. The molecule has 23 heavy (non-hydrogen) atoms. The molecule has 5 nitrogen and oxygen atoms in total. The van der Waals surface area contributed by atoms with Crippen LogP contribution in [0.25, 0.3) is 0 Å². The molecule has 3 aliphatic rings. The van der Waals surface area contributed by atoms with Crippen molar-refractivity contribution < 1.29 is 9.84 Å². The molecule has 0 unspecified atom stereocenters. The monoisotopic (exact) mass is 337 g/mol. The van der Waals surface area contributed by atoms with Crippen LogP contribution in [0.1, 0.15) is 43.4 Å². The number of aliphatic hydroxyl groups excluding tert-OH is 1. The Morgan fingerprint density at radius 2 is 2.17 bits per heavy atom. The van der Waals surface area contributed by atoms with Crippen LogP contribution in [0.15, 0.2) is 6.20 Å². The summed E-state index contributed by atoms with van der Waals surface area (Å²) in [6.07, 6.45) is 8.22. The van der Waals surface area contributed by atoms with Crippen LogP contribution < -0.4 is 4.90 Å². The Labute approximate surface area is 142 Å². The molecule has 2 saturated heterocycles. The standard InChI is InChI=1S/C17H27N3O2S/c1-22-17-5-4-13(21)10-15(17)20(9-6-17)12-14-11-18-16(23-14)19-7-2-3-8-19/h11,13,15,21H,2-10,12H2,1H3/t13-,15-,17+/m0/s1. The summed E-state index contributed by atoms with van der Waals surface area (Å²) in [6.45, 7) is 4.30. The molecule has 0 aromatic carbocycles. The average molecular weight is 337 g/mol. The van der Waals surface area contributed by atoms with E-state index < -0.39 is 0 Å². The van der Waals surface area contributed by atoms with Gasteiger partial charge in [-0.25, -0.2) is 4.98 Å². The summed E-state index contributed by atoms with van der Waals surface area (Å²) in [6, 6.07) is 0.341. The Morgan fingerprint density at radius 1 is 1.35 bits per heavy atom. The van der Waals surface area contributed by atoms with Crippen molar-refractivity contribution in [1.29, 1.82) is 0 Å². The zero-order chi connectivity index (χ0) is 15.9. The highest BCUT2D eigenvalue weighted by atomic mass is 32.1. The zero-order valence-electron chi connectivity index (χ0n) is 13.9. The minimum Gasteiger partial charge on any atom is -0.393 e. The Kier molecular flexibility index (Phi) is 4.34. The van der Waals surface area contributed by atoms with Crippen LogP contribution in [0.4, 0.5) is 5.13 Å². The topological polar surface area (TPSA) is 48.8 Å². The van der Waals surface area contributed by atoms with Crippen molar-refractivity contribution in [3.63, 3.8) is 0 Å². The number of anilines is 1. The third kappa shape index (κ3) is 2.90. The molecule has 1 N–H and O–H groups in total. The van der Waals surface area contributed by atoms with Crippen LogP contribution >= 0.6 is 11.3 Å². The van der Waals surface area contributed by atoms with Gasteiger partial charge in [0.25, 0.3) is 0 Å². The third-order valence-electron chi connectivity index (χ3n) is 5.95. The number of fused-ring (bicyclic) bond motifs is 1. The smallest absolute Gasteiger partial charge is 0.185 e. The summed E-state index contributed by atoms with van der Waals surface area (Å²) < 4.78 is 5.93. The molecule has 0 bridgehead atoms. The van der Waals surface area contributed by atoms with Gasteiger partial charge < -0.3 is 14.7 Å². The molecule has 4 rings (SSSR count). The lowest BCUT2D eigenvalue weighted by atomic mass is 9.79. The van der Waals surface area contributed by atoms with Crippen molar-refractivity contribution in [2.75, 3.05) is 31.6 Å². The predicted octanol–water partition coefficient (Wildman–Crippen LogP) is 2.25. The first-order valence-electron chi connectivity index (χ1n) is 8.87. The van der Waals surface area contributed by atoms with E-state index in [1.807, 2.05) is 24.6 Å². The van der Waals surface area contributed by atoms with Crippen molar-refractivity contribution in [3.8, 4) is 0 Å². The first-order chi connectivity index (χ1) is 11.2.